The molecule has 0 saturated carbocycles. The number of halogens is 1. The summed E-state index contributed by atoms with van der Waals surface area (Å²) < 4.78 is 11.7. The number of benzene rings is 1. The van der Waals surface area contributed by atoms with Gasteiger partial charge in [0.25, 0.3) is 0 Å². The number of ether oxygens (including phenoxy) is 2. The molecule has 5 nitrogen and oxygen atoms in total. The van der Waals surface area contributed by atoms with Gasteiger partial charge in [-0.2, -0.15) is 5.10 Å². The first-order valence-corrected chi connectivity index (χ1v) is 7.21. The van der Waals surface area contributed by atoms with E-state index in [1.165, 1.54) is 0 Å². The van der Waals surface area contributed by atoms with Crippen molar-refractivity contribution in [3.63, 3.8) is 0 Å². The zero-order valence-corrected chi connectivity index (χ0v) is 12.4. The molecule has 6 heteroatoms. The molecule has 2 aliphatic heterocycles. The number of hydrogen-bond donors (Lipinski definition) is 1. The van der Waals surface area contributed by atoms with Crippen molar-refractivity contribution in [1.29, 1.82) is 0 Å². The number of hydrogen-bond acceptors (Lipinski definition) is 4. The lowest BCUT2D eigenvalue weighted by atomic mass is 10.2. The van der Waals surface area contributed by atoms with Gasteiger partial charge in [0.05, 0.1) is 39.4 Å². The van der Waals surface area contributed by atoms with Gasteiger partial charge in [-0.15, -0.1) is 0 Å². The predicted octanol–water partition coefficient (Wildman–Crippen LogP) is 0.342. The third-order valence-corrected chi connectivity index (χ3v) is 4.13. The van der Waals surface area contributed by atoms with Crippen LogP contribution in [0.15, 0.2) is 21.7 Å². The van der Waals surface area contributed by atoms with E-state index >= 15 is 0 Å². The van der Waals surface area contributed by atoms with E-state index in [0.29, 0.717) is 6.79 Å². The molecule has 0 radical (unpaired) electrons. The van der Waals surface area contributed by atoms with Crippen LogP contribution in [-0.4, -0.2) is 51.2 Å². The SMILES string of the molecule is C[NH+]1CCN(/N=C\c2cc3c(cc2Br)OCO3)CC1. The van der Waals surface area contributed by atoms with E-state index in [-0.39, 0.29) is 0 Å². The van der Waals surface area contributed by atoms with Crippen molar-refractivity contribution in [3.05, 3.63) is 22.2 Å². The fourth-order valence-corrected chi connectivity index (χ4v) is 2.59. The normalized spacial score (nSPS) is 19.4. The van der Waals surface area contributed by atoms with Gasteiger partial charge in [-0.05, 0) is 28.1 Å². The summed E-state index contributed by atoms with van der Waals surface area (Å²) in [5.41, 5.74) is 1.01. The summed E-state index contributed by atoms with van der Waals surface area (Å²) in [6.45, 7) is 4.58. The van der Waals surface area contributed by atoms with Gasteiger partial charge in [0.2, 0.25) is 6.79 Å². The van der Waals surface area contributed by atoms with Crippen LogP contribution >= 0.6 is 15.9 Å². The molecule has 0 spiro atoms. The van der Waals surface area contributed by atoms with E-state index in [4.69, 9.17) is 9.47 Å². The van der Waals surface area contributed by atoms with E-state index < -0.39 is 0 Å². The van der Waals surface area contributed by atoms with Gasteiger partial charge >= 0.3 is 0 Å². The van der Waals surface area contributed by atoms with Gasteiger partial charge in [0.1, 0.15) is 0 Å². The highest BCUT2D eigenvalue weighted by molar-refractivity contribution is 9.10. The van der Waals surface area contributed by atoms with Gasteiger partial charge in [-0.1, -0.05) is 0 Å². The minimum atomic E-state index is 0.295. The van der Waals surface area contributed by atoms with E-state index in [1.807, 2.05) is 18.3 Å². The summed E-state index contributed by atoms with van der Waals surface area (Å²) in [6.07, 6.45) is 1.88. The fraction of sp³-hybridized carbons (Fsp3) is 0.462. The van der Waals surface area contributed by atoms with Crippen molar-refractivity contribution in [2.45, 2.75) is 0 Å². The largest absolute Gasteiger partial charge is 0.454 e. The maximum absolute atomic E-state index is 5.38. The molecule has 0 bridgehead atoms. The Labute approximate surface area is 120 Å². The molecule has 0 atom stereocenters. The molecule has 102 valence electrons. The summed E-state index contributed by atoms with van der Waals surface area (Å²) in [5.74, 6) is 1.57. The fourth-order valence-electron chi connectivity index (χ4n) is 2.17. The van der Waals surface area contributed by atoms with Gasteiger partial charge in [-0.3, -0.25) is 5.01 Å². The molecule has 1 saturated heterocycles. The summed E-state index contributed by atoms with van der Waals surface area (Å²) in [4.78, 5) is 1.57. The number of likely N-dealkylation sites (N-methyl/N-ethyl adjacent to an activating group) is 1. The quantitative estimate of drug-likeness (QED) is 0.797. The molecule has 2 heterocycles. The van der Waals surface area contributed by atoms with Crippen LogP contribution in [0.3, 0.4) is 0 Å². The Morgan fingerprint density at radius 3 is 2.68 bits per heavy atom. The lowest BCUT2D eigenvalue weighted by Crippen LogP contribution is -3.11. The predicted molar refractivity (Wildman–Crippen MR) is 76.1 cm³/mol. The lowest BCUT2D eigenvalue weighted by molar-refractivity contribution is -0.884. The van der Waals surface area contributed by atoms with E-state index in [1.54, 1.807) is 4.90 Å². The Bertz CT molecular complexity index is 499. The van der Waals surface area contributed by atoms with Crippen LogP contribution in [0, 0.1) is 0 Å². The summed E-state index contributed by atoms with van der Waals surface area (Å²) in [7, 11) is 2.22. The zero-order valence-electron chi connectivity index (χ0n) is 10.9. The van der Waals surface area contributed by atoms with Crippen molar-refractivity contribution in [1.82, 2.24) is 5.01 Å². The minimum absolute atomic E-state index is 0.295. The Morgan fingerprint density at radius 2 is 1.95 bits per heavy atom. The second-order valence-electron chi connectivity index (χ2n) is 4.88. The smallest absolute Gasteiger partial charge is 0.231 e. The molecule has 0 aliphatic carbocycles. The first kappa shape index (κ1) is 12.7. The average Bonchev–Trinajstić information content (AvgIpc) is 2.85. The molecular weight excluding hydrogens is 310 g/mol. The number of hydrazone groups is 1. The third kappa shape index (κ3) is 2.84. The maximum atomic E-state index is 5.38. The van der Waals surface area contributed by atoms with Crippen molar-refractivity contribution in [2.24, 2.45) is 5.10 Å². The van der Waals surface area contributed by atoms with Crippen molar-refractivity contribution in [3.8, 4) is 11.5 Å². The number of rotatable bonds is 2. The highest BCUT2D eigenvalue weighted by Gasteiger charge is 2.17. The third-order valence-electron chi connectivity index (χ3n) is 3.45. The van der Waals surface area contributed by atoms with E-state index in [9.17, 15) is 0 Å². The van der Waals surface area contributed by atoms with Crippen LogP contribution in [0.5, 0.6) is 11.5 Å². The molecule has 1 fully saturated rings. The zero-order chi connectivity index (χ0) is 13.2. The van der Waals surface area contributed by atoms with Crippen LogP contribution < -0.4 is 14.4 Å². The van der Waals surface area contributed by atoms with Crippen LogP contribution in [0.1, 0.15) is 5.56 Å². The molecular formula is C13H17BrN3O2+. The minimum Gasteiger partial charge on any atom is -0.454 e. The van der Waals surface area contributed by atoms with Crippen molar-refractivity contribution < 1.29 is 14.4 Å². The first-order chi connectivity index (χ1) is 9.22. The Hall–Kier alpha value is -1.27. The molecule has 0 amide bonds. The van der Waals surface area contributed by atoms with E-state index in [0.717, 1.165) is 47.7 Å². The molecule has 3 rings (SSSR count). The Balaban J connectivity index is 1.72. The molecule has 1 aromatic carbocycles. The monoisotopic (exact) mass is 326 g/mol. The first-order valence-electron chi connectivity index (χ1n) is 6.42. The van der Waals surface area contributed by atoms with Gasteiger partial charge in [0, 0.05) is 10.0 Å². The molecule has 19 heavy (non-hydrogen) atoms. The second-order valence-corrected chi connectivity index (χ2v) is 5.74. The van der Waals surface area contributed by atoms with Crippen LogP contribution in [0.2, 0.25) is 0 Å². The maximum Gasteiger partial charge on any atom is 0.231 e. The van der Waals surface area contributed by atoms with Gasteiger partial charge in [0.15, 0.2) is 11.5 Å². The van der Waals surface area contributed by atoms with Crippen LogP contribution in [0.25, 0.3) is 0 Å². The summed E-state index contributed by atoms with van der Waals surface area (Å²) >= 11 is 3.54. The molecule has 1 aromatic rings. The topological polar surface area (TPSA) is 38.5 Å². The highest BCUT2D eigenvalue weighted by atomic mass is 79.9. The number of nitrogens with one attached hydrogen (secondary N) is 1. The molecule has 2 aliphatic rings. The van der Waals surface area contributed by atoms with Gasteiger partial charge in [-0.25, -0.2) is 0 Å². The standard InChI is InChI=1S/C13H16BrN3O2/c1-16-2-4-17(5-3-16)15-8-10-6-12-13(7-11(10)14)19-9-18-12/h6-8H,2-5,9H2,1H3/p+1/b15-8-. The van der Waals surface area contributed by atoms with Crippen LogP contribution in [-0.2, 0) is 0 Å². The summed E-state index contributed by atoms with van der Waals surface area (Å²) in [6, 6.07) is 3.88. The summed E-state index contributed by atoms with van der Waals surface area (Å²) in [5, 5.41) is 6.66. The van der Waals surface area contributed by atoms with Crippen LogP contribution in [0.4, 0.5) is 0 Å². The van der Waals surface area contributed by atoms with Crippen molar-refractivity contribution in [2.75, 3.05) is 40.0 Å². The van der Waals surface area contributed by atoms with Gasteiger partial charge < -0.3 is 14.4 Å². The second kappa shape index (κ2) is 5.38. The Kier molecular flexibility index (Phi) is 3.61. The lowest BCUT2D eigenvalue weighted by Gasteiger charge is -2.27. The number of nitrogens with zero attached hydrogens (tertiary/aromatic N) is 2. The molecule has 0 unspecified atom stereocenters. The number of quaternary nitrogens is 1. The van der Waals surface area contributed by atoms with E-state index in [2.05, 4.69) is 33.1 Å². The average molecular weight is 327 g/mol. The highest BCUT2D eigenvalue weighted by Crippen LogP contribution is 2.36. The molecule has 0 aromatic heterocycles. The number of piperazine rings is 1. The molecule has 1 N–H and O–H groups in total. The Morgan fingerprint density at radius 1 is 1.26 bits per heavy atom. The number of fused-ring (bicyclic) bond motifs is 1. The van der Waals surface area contributed by atoms with Crippen molar-refractivity contribution >= 4 is 22.1 Å².